The van der Waals surface area contributed by atoms with Crippen molar-refractivity contribution in [2.75, 3.05) is 0 Å². The number of ketones is 1. The van der Waals surface area contributed by atoms with Crippen LogP contribution >= 0.6 is 0 Å². The summed E-state index contributed by atoms with van der Waals surface area (Å²) in [5, 5.41) is 0. The number of nitrogens with two attached hydrogens (primary N) is 1. The molecule has 1 aliphatic carbocycles. The van der Waals surface area contributed by atoms with Crippen molar-refractivity contribution in [1.29, 1.82) is 0 Å². The molecule has 1 aliphatic rings. The molecule has 2 nitrogen and oxygen atoms in total. The Morgan fingerprint density at radius 3 is 2.64 bits per heavy atom. The standard InChI is InChI=1S/C12H23NO/c1-3-9(2)8-12(14)10-6-4-5-7-11(10)13/h9-11H,3-8,13H2,1-2H3. The normalized spacial score (nSPS) is 29.9. The summed E-state index contributed by atoms with van der Waals surface area (Å²) in [6.07, 6.45) is 6.27. The van der Waals surface area contributed by atoms with Crippen LogP contribution in [0.15, 0.2) is 0 Å². The van der Waals surface area contributed by atoms with Gasteiger partial charge in [0.05, 0.1) is 0 Å². The average molecular weight is 197 g/mol. The van der Waals surface area contributed by atoms with Crippen LogP contribution < -0.4 is 5.73 Å². The maximum Gasteiger partial charge on any atom is 0.137 e. The Bertz CT molecular complexity index is 191. The summed E-state index contributed by atoms with van der Waals surface area (Å²) in [5.41, 5.74) is 5.98. The summed E-state index contributed by atoms with van der Waals surface area (Å²) in [7, 11) is 0. The van der Waals surface area contributed by atoms with Crippen LogP contribution in [0.4, 0.5) is 0 Å². The first-order valence-electron chi connectivity index (χ1n) is 5.93. The van der Waals surface area contributed by atoms with Crippen LogP contribution in [0.5, 0.6) is 0 Å². The zero-order chi connectivity index (χ0) is 10.6. The van der Waals surface area contributed by atoms with Crippen molar-refractivity contribution in [3.63, 3.8) is 0 Å². The van der Waals surface area contributed by atoms with E-state index in [1.807, 2.05) is 0 Å². The number of rotatable bonds is 4. The van der Waals surface area contributed by atoms with E-state index >= 15 is 0 Å². The maximum atomic E-state index is 11.9. The molecule has 1 saturated carbocycles. The van der Waals surface area contributed by atoms with Gasteiger partial charge in [0, 0.05) is 18.4 Å². The molecule has 0 saturated heterocycles. The highest BCUT2D eigenvalue weighted by Crippen LogP contribution is 2.26. The number of hydrogen-bond donors (Lipinski definition) is 1. The quantitative estimate of drug-likeness (QED) is 0.752. The van der Waals surface area contributed by atoms with Gasteiger partial charge in [-0.05, 0) is 18.8 Å². The molecule has 1 rings (SSSR count). The first-order chi connectivity index (χ1) is 6.65. The van der Waals surface area contributed by atoms with Crippen molar-refractivity contribution in [3.8, 4) is 0 Å². The summed E-state index contributed by atoms with van der Waals surface area (Å²) < 4.78 is 0. The van der Waals surface area contributed by atoms with Gasteiger partial charge < -0.3 is 5.73 Å². The van der Waals surface area contributed by atoms with Gasteiger partial charge in [-0.3, -0.25) is 4.79 Å². The Morgan fingerprint density at radius 2 is 2.07 bits per heavy atom. The summed E-state index contributed by atoms with van der Waals surface area (Å²) in [6, 6.07) is 0.139. The van der Waals surface area contributed by atoms with Crippen LogP contribution in [0.3, 0.4) is 0 Å². The lowest BCUT2D eigenvalue weighted by atomic mass is 9.80. The predicted octanol–water partition coefficient (Wildman–Crippen LogP) is 2.51. The molecule has 14 heavy (non-hydrogen) atoms. The van der Waals surface area contributed by atoms with E-state index in [0.29, 0.717) is 11.7 Å². The molecule has 3 unspecified atom stereocenters. The largest absolute Gasteiger partial charge is 0.327 e. The fraction of sp³-hybridized carbons (Fsp3) is 0.917. The lowest BCUT2D eigenvalue weighted by Gasteiger charge is -2.28. The van der Waals surface area contributed by atoms with Crippen LogP contribution in [0.1, 0.15) is 52.4 Å². The third-order valence-electron chi connectivity index (χ3n) is 3.48. The van der Waals surface area contributed by atoms with Gasteiger partial charge in [0.25, 0.3) is 0 Å². The van der Waals surface area contributed by atoms with Crippen LogP contribution in [-0.4, -0.2) is 11.8 Å². The topological polar surface area (TPSA) is 43.1 Å². The van der Waals surface area contributed by atoms with Crippen molar-refractivity contribution < 1.29 is 4.79 Å². The van der Waals surface area contributed by atoms with E-state index in [-0.39, 0.29) is 12.0 Å². The highest BCUT2D eigenvalue weighted by molar-refractivity contribution is 5.82. The number of carbonyl (C=O) groups is 1. The zero-order valence-corrected chi connectivity index (χ0v) is 9.46. The molecule has 0 aromatic rings. The van der Waals surface area contributed by atoms with Gasteiger partial charge >= 0.3 is 0 Å². The molecule has 0 heterocycles. The van der Waals surface area contributed by atoms with Gasteiger partial charge in [0.2, 0.25) is 0 Å². The minimum atomic E-state index is 0.139. The second-order valence-corrected chi connectivity index (χ2v) is 4.74. The summed E-state index contributed by atoms with van der Waals surface area (Å²) in [5.74, 6) is 1.10. The third-order valence-corrected chi connectivity index (χ3v) is 3.48. The fourth-order valence-corrected chi connectivity index (χ4v) is 2.20. The minimum absolute atomic E-state index is 0.139. The van der Waals surface area contributed by atoms with Crippen molar-refractivity contribution in [2.24, 2.45) is 17.6 Å². The SMILES string of the molecule is CCC(C)CC(=O)C1CCCCC1N. The number of Topliss-reactive ketones (excluding diaryl/α,β-unsaturated/α-hetero) is 1. The summed E-state index contributed by atoms with van der Waals surface area (Å²) >= 11 is 0. The van der Waals surface area contributed by atoms with Crippen LogP contribution in [0, 0.1) is 11.8 Å². The fourth-order valence-electron chi connectivity index (χ4n) is 2.20. The van der Waals surface area contributed by atoms with E-state index in [0.717, 1.165) is 25.7 Å². The van der Waals surface area contributed by atoms with Crippen molar-refractivity contribution in [3.05, 3.63) is 0 Å². The average Bonchev–Trinajstić information content (AvgIpc) is 2.18. The molecule has 3 atom stereocenters. The first-order valence-corrected chi connectivity index (χ1v) is 5.93. The Labute approximate surface area is 87.2 Å². The lowest BCUT2D eigenvalue weighted by molar-refractivity contribution is -0.125. The van der Waals surface area contributed by atoms with Gasteiger partial charge in [-0.25, -0.2) is 0 Å². The van der Waals surface area contributed by atoms with Gasteiger partial charge in [-0.15, -0.1) is 0 Å². The van der Waals surface area contributed by atoms with Gasteiger partial charge in [0.1, 0.15) is 5.78 Å². The van der Waals surface area contributed by atoms with E-state index in [1.54, 1.807) is 0 Å². The van der Waals surface area contributed by atoms with Crippen LogP contribution in [0.2, 0.25) is 0 Å². The van der Waals surface area contributed by atoms with E-state index in [2.05, 4.69) is 13.8 Å². The molecule has 0 spiro atoms. The summed E-state index contributed by atoms with van der Waals surface area (Å²) in [6.45, 7) is 4.28. The highest BCUT2D eigenvalue weighted by atomic mass is 16.1. The smallest absolute Gasteiger partial charge is 0.137 e. The van der Waals surface area contributed by atoms with E-state index in [4.69, 9.17) is 5.73 Å². The maximum absolute atomic E-state index is 11.9. The molecule has 0 aromatic heterocycles. The van der Waals surface area contributed by atoms with Crippen molar-refractivity contribution >= 4 is 5.78 Å². The van der Waals surface area contributed by atoms with Gasteiger partial charge in [0.15, 0.2) is 0 Å². The van der Waals surface area contributed by atoms with E-state index < -0.39 is 0 Å². The molecular formula is C12H23NO. The van der Waals surface area contributed by atoms with Crippen molar-refractivity contribution in [2.45, 2.75) is 58.4 Å². The Morgan fingerprint density at radius 1 is 1.43 bits per heavy atom. The van der Waals surface area contributed by atoms with Crippen molar-refractivity contribution in [1.82, 2.24) is 0 Å². The van der Waals surface area contributed by atoms with E-state index in [9.17, 15) is 4.79 Å². The second-order valence-electron chi connectivity index (χ2n) is 4.74. The molecule has 0 radical (unpaired) electrons. The molecule has 82 valence electrons. The lowest BCUT2D eigenvalue weighted by Crippen LogP contribution is -2.38. The number of carbonyl (C=O) groups excluding carboxylic acids is 1. The van der Waals surface area contributed by atoms with Crippen LogP contribution in [-0.2, 0) is 4.79 Å². The predicted molar refractivity (Wildman–Crippen MR) is 59.0 cm³/mol. The van der Waals surface area contributed by atoms with E-state index in [1.165, 1.54) is 12.8 Å². The molecule has 1 fully saturated rings. The first kappa shape index (κ1) is 11.7. The Balaban J connectivity index is 2.42. The molecule has 0 amide bonds. The molecule has 2 heteroatoms. The molecular weight excluding hydrogens is 174 g/mol. The monoisotopic (exact) mass is 197 g/mol. The third kappa shape index (κ3) is 3.09. The molecule has 0 aromatic carbocycles. The van der Waals surface area contributed by atoms with Gasteiger partial charge in [-0.1, -0.05) is 33.1 Å². The van der Waals surface area contributed by atoms with Crippen LogP contribution in [0.25, 0.3) is 0 Å². The molecule has 0 aliphatic heterocycles. The Kier molecular flexibility index (Phi) is 4.59. The summed E-state index contributed by atoms with van der Waals surface area (Å²) in [4.78, 5) is 11.9. The van der Waals surface area contributed by atoms with Gasteiger partial charge in [-0.2, -0.15) is 0 Å². The Hall–Kier alpha value is -0.370. The zero-order valence-electron chi connectivity index (χ0n) is 9.46. The number of hydrogen-bond acceptors (Lipinski definition) is 2. The molecule has 0 bridgehead atoms. The molecule has 2 N–H and O–H groups in total. The second kappa shape index (κ2) is 5.50. The highest BCUT2D eigenvalue weighted by Gasteiger charge is 2.28. The minimum Gasteiger partial charge on any atom is -0.327 e.